The molecular weight excluding hydrogens is 156 g/mol. The Hall–Kier alpha value is -0.260. The maximum absolute atomic E-state index is 2.38. The second-order valence-electron chi connectivity index (χ2n) is 4.05. The molecule has 0 aliphatic rings. The molecule has 0 bridgehead atoms. The molecule has 0 amide bonds. The van der Waals surface area contributed by atoms with Crippen molar-refractivity contribution in [2.45, 2.75) is 59.8 Å². The summed E-state index contributed by atoms with van der Waals surface area (Å²) >= 11 is 0. The molecule has 0 aromatic carbocycles. The summed E-state index contributed by atoms with van der Waals surface area (Å²) < 4.78 is 0. The second kappa shape index (κ2) is 8.34. The molecule has 0 aromatic heterocycles. The number of hydrogen-bond donors (Lipinski definition) is 0. The van der Waals surface area contributed by atoms with Crippen molar-refractivity contribution in [1.82, 2.24) is 0 Å². The van der Waals surface area contributed by atoms with Crippen LogP contribution in [0.2, 0.25) is 0 Å². The van der Waals surface area contributed by atoms with Gasteiger partial charge in [0.25, 0.3) is 0 Å². The molecule has 0 nitrogen and oxygen atoms in total. The van der Waals surface area contributed by atoms with Gasteiger partial charge < -0.3 is 0 Å². The van der Waals surface area contributed by atoms with Gasteiger partial charge in [-0.25, -0.2) is 0 Å². The summed E-state index contributed by atoms with van der Waals surface area (Å²) in [7, 11) is 0. The van der Waals surface area contributed by atoms with E-state index in [1.54, 1.807) is 0 Å². The summed E-state index contributed by atoms with van der Waals surface area (Å²) in [6, 6.07) is 0. The van der Waals surface area contributed by atoms with Gasteiger partial charge in [-0.1, -0.05) is 59.1 Å². The Labute approximate surface area is 84.4 Å². The number of allylic oxidation sites excluding steroid dienone is 2. The molecule has 78 valence electrons. The van der Waals surface area contributed by atoms with Crippen LogP contribution in [0.4, 0.5) is 0 Å². The summed E-state index contributed by atoms with van der Waals surface area (Å²) in [6.45, 7) is 9.21. The van der Waals surface area contributed by atoms with Gasteiger partial charge in [-0.05, 0) is 24.7 Å². The summed E-state index contributed by atoms with van der Waals surface area (Å²) in [4.78, 5) is 0. The summed E-state index contributed by atoms with van der Waals surface area (Å²) in [5.74, 6) is 1.79. The Morgan fingerprint density at radius 2 is 1.69 bits per heavy atom. The predicted octanol–water partition coefficient (Wildman–Crippen LogP) is 4.81. The first kappa shape index (κ1) is 12.7. The Kier molecular flexibility index (Phi) is 8.18. The average Bonchev–Trinajstić information content (AvgIpc) is 2.17. The van der Waals surface area contributed by atoms with Gasteiger partial charge in [0.2, 0.25) is 0 Å². The van der Waals surface area contributed by atoms with E-state index in [0.29, 0.717) is 0 Å². The van der Waals surface area contributed by atoms with E-state index in [2.05, 4.69) is 39.8 Å². The normalized spacial score (nSPS) is 16.3. The zero-order valence-electron chi connectivity index (χ0n) is 9.84. The van der Waals surface area contributed by atoms with Crippen molar-refractivity contribution in [2.24, 2.45) is 11.8 Å². The van der Waals surface area contributed by atoms with Crippen LogP contribution in [0, 0.1) is 11.8 Å². The zero-order chi connectivity index (χ0) is 10.1. The summed E-state index contributed by atoms with van der Waals surface area (Å²) in [6.07, 6.45) is 11.2. The van der Waals surface area contributed by atoms with Gasteiger partial charge in [-0.3, -0.25) is 0 Å². The van der Waals surface area contributed by atoms with E-state index in [4.69, 9.17) is 0 Å². The monoisotopic (exact) mass is 182 g/mol. The molecule has 0 saturated heterocycles. The van der Waals surface area contributed by atoms with Crippen molar-refractivity contribution in [3.05, 3.63) is 12.2 Å². The van der Waals surface area contributed by atoms with Crippen molar-refractivity contribution in [1.29, 1.82) is 0 Å². The highest BCUT2D eigenvalue weighted by molar-refractivity contribution is 4.84. The van der Waals surface area contributed by atoms with Gasteiger partial charge in [0.1, 0.15) is 0 Å². The standard InChI is InChI=1S/C13H26/c1-5-8-9-10-11-13(7-3)12(4)6-2/h9-10,12-13H,5-8,11H2,1-4H3. The van der Waals surface area contributed by atoms with Gasteiger partial charge in [-0.15, -0.1) is 0 Å². The molecule has 0 spiro atoms. The first-order valence-electron chi connectivity index (χ1n) is 5.91. The molecule has 0 N–H and O–H groups in total. The zero-order valence-corrected chi connectivity index (χ0v) is 9.84. The SMILES string of the molecule is CCCC=CCC(CC)C(C)CC. The van der Waals surface area contributed by atoms with Crippen LogP contribution in [0.5, 0.6) is 0 Å². The highest BCUT2D eigenvalue weighted by Crippen LogP contribution is 2.22. The van der Waals surface area contributed by atoms with Gasteiger partial charge in [0.05, 0.1) is 0 Å². The van der Waals surface area contributed by atoms with Gasteiger partial charge in [0.15, 0.2) is 0 Å². The quantitative estimate of drug-likeness (QED) is 0.496. The Bertz CT molecular complexity index is 124. The molecule has 2 atom stereocenters. The summed E-state index contributed by atoms with van der Waals surface area (Å²) in [5.41, 5.74) is 0. The largest absolute Gasteiger partial charge is 0.0885 e. The lowest BCUT2D eigenvalue weighted by Gasteiger charge is -2.19. The van der Waals surface area contributed by atoms with Crippen molar-refractivity contribution in [3.63, 3.8) is 0 Å². The lowest BCUT2D eigenvalue weighted by Crippen LogP contribution is -2.08. The molecule has 0 heterocycles. The molecule has 0 fully saturated rings. The third-order valence-electron chi connectivity index (χ3n) is 3.03. The molecular formula is C13H26. The maximum Gasteiger partial charge on any atom is -0.0320 e. The molecule has 0 aromatic rings. The molecule has 0 radical (unpaired) electrons. The van der Waals surface area contributed by atoms with Crippen LogP contribution in [0.1, 0.15) is 59.8 Å². The lowest BCUT2D eigenvalue weighted by molar-refractivity contribution is 0.341. The van der Waals surface area contributed by atoms with E-state index < -0.39 is 0 Å². The fraction of sp³-hybridized carbons (Fsp3) is 0.846. The third kappa shape index (κ3) is 5.90. The average molecular weight is 182 g/mol. The smallest absolute Gasteiger partial charge is 0.0320 e. The maximum atomic E-state index is 2.38. The van der Waals surface area contributed by atoms with E-state index in [1.165, 1.54) is 32.1 Å². The second-order valence-corrected chi connectivity index (χ2v) is 4.05. The Morgan fingerprint density at radius 3 is 2.15 bits per heavy atom. The molecule has 0 heteroatoms. The number of rotatable bonds is 7. The van der Waals surface area contributed by atoms with Crippen LogP contribution in [-0.2, 0) is 0 Å². The van der Waals surface area contributed by atoms with Crippen LogP contribution in [0.25, 0.3) is 0 Å². The lowest BCUT2D eigenvalue weighted by atomic mass is 9.87. The summed E-state index contributed by atoms with van der Waals surface area (Å²) in [5, 5.41) is 0. The van der Waals surface area contributed by atoms with E-state index in [9.17, 15) is 0 Å². The molecule has 0 aliphatic carbocycles. The first-order chi connectivity index (χ1) is 6.26. The van der Waals surface area contributed by atoms with Crippen molar-refractivity contribution >= 4 is 0 Å². The highest BCUT2D eigenvalue weighted by atomic mass is 14.2. The molecule has 13 heavy (non-hydrogen) atoms. The van der Waals surface area contributed by atoms with E-state index in [0.717, 1.165) is 11.8 Å². The van der Waals surface area contributed by atoms with Gasteiger partial charge in [0, 0.05) is 0 Å². The Morgan fingerprint density at radius 1 is 1.00 bits per heavy atom. The minimum absolute atomic E-state index is 0.885. The van der Waals surface area contributed by atoms with Crippen molar-refractivity contribution in [3.8, 4) is 0 Å². The fourth-order valence-electron chi connectivity index (χ4n) is 1.69. The molecule has 0 rings (SSSR count). The van der Waals surface area contributed by atoms with Crippen molar-refractivity contribution < 1.29 is 0 Å². The van der Waals surface area contributed by atoms with Gasteiger partial charge in [-0.2, -0.15) is 0 Å². The highest BCUT2D eigenvalue weighted by Gasteiger charge is 2.11. The number of unbranched alkanes of at least 4 members (excludes halogenated alkanes) is 1. The van der Waals surface area contributed by atoms with E-state index in [1.807, 2.05) is 0 Å². The van der Waals surface area contributed by atoms with Crippen LogP contribution in [-0.4, -0.2) is 0 Å². The molecule has 0 aliphatic heterocycles. The fourth-order valence-corrected chi connectivity index (χ4v) is 1.69. The van der Waals surface area contributed by atoms with E-state index >= 15 is 0 Å². The Balaban J connectivity index is 3.71. The number of hydrogen-bond acceptors (Lipinski definition) is 0. The third-order valence-corrected chi connectivity index (χ3v) is 3.03. The van der Waals surface area contributed by atoms with Crippen LogP contribution >= 0.6 is 0 Å². The van der Waals surface area contributed by atoms with Crippen LogP contribution < -0.4 is 0 Å². The van der Waals surface area contributed by atoms with Crippen LogP contribution in [0.15, 0.2) is 12.2 Å². The van der Waals surface area contributed by atoms with Gasteiger partial charge >= 0.3 is 0 Å². The minimum Gasteiger partial charge on any atom is -0.0885 e. The predicted molar refractivity (Wildman–Crippen MR) is 61.9 cm³/mol. The van der Waals surface area contributed by atoms with Crippen molar-refractivity contribution in [2.75, 3.05) is 0 Å². The first-order valence-corrected chi connectivity index (χ1v) is 5.91. The molecule has 0 saturated carbocycles. The van der Waals surface area contributed by atoms with Crippen LogP contribution in [0.3, 0.4) is 0 Å². The molecule has 2 unspecified atom stereocenters. The van der Waals surface area contributed by atoms with E-state index in [-0.39, 0.29) is 0 Å². The minimum atomic E-state index is 0.885. The topological polar surface area (TPSA) is 0 Å².